The highest BCUT2D eigenvalue weighted by Gasteiger charge is 2.34. The lowest BCUT2D eigenvalue weighted by molar-refractivity contribution is 0.0651. The first-order valence-corrected chi connectivity index (χ1v) is 8.72. The topological polar surface area (TPSA) is 68.1 Å². The molecule has 3 heterocycles. The van der Waals surface area contributed by atoms with Crippen molar-refractivity contribution in [3.05, 3.63) is 72.2 Å². The lowest BCUT2D eigenvalue weighted by atomic mass is 10.1. The standard InChI is InChI=1S/C20H17FN4O2/c21-18-8-7-14(11-22-18)17-12-24(13-23-17)9-3-4-10-25-19(26)15-5-1-2-6-16(15)20(25)27/h1-2,5-8,11-13H,3-4,9-10H2. The molecule has 1 aliphatic rings. The molecule has 2 aromatic heterocycles. The molecule has 0 fully saturated rings. The van der Waals surface area contributed by atoms with Crippen LogP contribution in [0.15, 0.2) is 55.1 Å². The number of benzene rings is 1. The summed E-state index contributed by atoms with van der Waals surface area (Å²) >= 11 is 0. The molecule has 27 heavy (non-hydrogen) atoms. The first-order chi connectivity index (χ1) is 13.1. The van der Waals surface area contributed by atoms with Gasteiger partial charge in [-0.25, -0.2) is 9.97 Å². The minimum Gasteiger partial charge on any atom is -0.337 e. The number of carbonyl (C=O) groups excluding carboxylic acids is 2. The van der Waals surface area contributed by atoms with Gasteiger partial charge in [-0.3, -0.25) is 14.5 Å². The van der Waals surface area contributed by atoms with Crippen LogP contribution in [0.1, 0.15) is 33.6 Å². The van der Waals surface area contributed by atoms with E-state index in [2.05, 4.69) is 9.97 Å². The van der Waals surface area contributed by atoms with Gasteiger partial charge >= 0.3 is 0 Å². The zero-order chi connectivity index (χ0) is 18.8. The smallest absolute Gasteiger partial charge is 0.261 e. The van der Waals surface area contributed by atoms with Crippen LogP contribution in [0, 0.1) is 5.95 Å². The van der Waals surface area contributed by atoms with E-state index in [-0.39, 0.29) is 11.8 Å². The Morgan fingerprint density at radius 3 is 2.26 bits per heavy atom. The molecule has 136 valence electrons. The maximum atomic E-state index is 12.9. The first kappa shape index (κ1) is 17.1. The van der Waals surface area contributed by atoms with E-state index in [0.29, 0.717) is 30.6 Å². The molecule has 0 radical (unpaired) electrons. The number of aryl methyl sites for hydroxylation is 1. The van der Waals surface area contributed by atoms with Crippen LogP contribution in [-0.4, -0.2) is 37.8 Å². The number of amides is 2. The summed E-state index contributed by atoms with van der Waals surface area (Å²) in [6.45, 7) is 1.11. The number of imidazole rings is 1. The average molecular weight is 364 g/mol. The molecule has 0 aliphatic carbocycles. The summed E-state index contributed by atoms with van der Waals surface area (Å²) in [5, 5.41) is 0. The highest BCUT2D eigenvalue weighted by Crippen LogP contribution is 2.22. The minimum atomic E-state index is -0.522. The van der Waals surface area contributed by atoms with E-state index in [1.165, 1.54) is 17.2 Å². The van der Waals surface area contributed by atoms with E-state index in [4.69, 9.17) is 0 Å². The Bertz CT molecular complexity index is 962. The van der Waals surface area contributed by atoms with Crippen molar-refractivity contribution < 1.29 is 14.0 Å². The number of imide groups is 1. The van der Waals surface area contributed by atoms with Crippen LogP contribution in [0.2, 0.25) is 0 Å². The van der Waals surface area contributed by atoms with Gasteiger partial charge in [-0.1, -0.05) is 12.1 Å². The summed E-state index contributed by atoms with van der Waals surface area (Å²) in [6, 6.07) is 9.84. The average Bonchev–Trinajstić information content (AvgIpc) is 3.25. The van der Waals surface area contributed by atoms with Crippen molar-refractivity contribution in [2.75, 3.05) is 6.54 Å². The van der Waals surface area contributed by atoms with Gasteiger partial charge in [0.25, 0.3) is 11.8 Å². The molecular weight excluding hydrogens is 347 g/mol. The van der Waals surface area contributed by atoms with Gasteiger partial charge < -0.3 is 4.57 Å². The fourth-order valence-electron chi connectivity index (χ4n) is 3.17. The number of carbonyl (C=O) groups is 2. The third-order valence-corrected chi connectivity index (χ3v) is 4.58. The van der Waals surface area contributed by atoms with Crippen LogP contribution < -0.4 is 0 Å². The van der Waals surface area contributed by atoms with Crippen LogP contribution in [-0.2, 0) is 6.54 Å². The number of pyridine rings is 1. The maximum absolute atomic E-state index is 12.9. The third kappa shape index (κ3) is 3.36. The highest BCUT2D eigenvalue weighted by molar-refractivity contribution is 6.21. The van der Waals surface area contributed by atoms with Crippen LogP contribution >= 0.6 is 0 Å². The van der Waals surface area contributed by atoms with Crippen molar-refractivity contribution >= 4 is 11.8 Å². The molecule has 4 rings (SSSR count). The second kappa shape index (κ2) is 7.11. The van der Waals surface area contributed by atoms with Gasteiger partial charge in [-0.15, -0.1) is 0 Å². The van der Waals surface area contributed by atoms with Gasteiger partial charge in [0.05, 0.1) is 23.1 Å². The second-order valence-electron chi connectivity index (χ2n) is 6.38. The molecule has 6 nitrogen and oxygen atoms in total. The van der Waals surface area contributed by atoms with Gasteiger partial charge in [0.2, 0.25) is 5.95 Å². The Balaban J connectivity index is 1.31. The predicted octanol–water partition coefficient (Wildman–Crippen LogP) is 3.16. The number of halogens is 1. The molecule has 2 amide bonds. The maximum Gasteiger partial charge on any atom is 0.261 e. The molecule has 0 saturated heterocycles. The van der Waals surface area contributed by atoms with Crippen LogP contribution in [0.4, 0.5) is 4.39 Å². The Morgan fingerprint density at radius 1 is 0.889 bits per heavy atom. The van der Waals surface area contributed by atoms with Crippen LogP contribution in [0.3, 0.4) is 0 Å². The third-order valence-electron chi connectivity index (χ3n) is 4.58. The Kier molecular flexibility index (Phi) is 4.50. The van der Waals surface area contributed by atoms with Crippen molar-refractivity contribution in [1.82, 2.24) is 19.4 Å². The highest BCUT2D eigenvalue weighted by atomic mass is 19.1. The van der Waals surface area contributed by atoms with Gasteiger partial charge in [0.15, 0.2) is 0 Å². The summed E-state index contributed by atoms with van der Waals surface area (Å²) in [5.41, 5.74) is 2.44. The molecular formula is C20H17FN4O2. The van der Waals surface area contributed by atoms with Crippen molar-refractivity contribution in [2.45, 2.75) is 19.4 Å². The summed E-state index contributed by atoms with van der Waals surface area (Å²) < 4.78 is 14.8. The monoisotopic (exact) mass is 364 g/mol. The summed E-state index contributed by atoms with van der Waals surface area (Å²) in [7, 11) is 0. The second-order valence-corrected chi connectivity index (χ2v) is 6.38. The minimum absolute atomic E-state index is 0.218. The Labute approximate surface area is 155 Å². The van der Waals surface area contributed by atoms with E-state index in [1.54, 1.807) is 36.7 Å². The SMILES string of the molecule is O=C1c2ccccc2C(=O)N1CCCCn1cnc(-c2ccc(F)nc2)c1. The molecule has 1 aromatic carbocycles. The number of fused-ring (bicyclic) bond motifs is 1. The lowest BCUT2D eigenvalue weighted by Gasteiger charge is -2.13. The molecule has 0 atom stereocenters. The van der Waals surface area contributed by atoms with E-state index >= 15 is 0 Å². The van der Waals surface area contributed by atoms with E-state index in [9.17, 15) is 14.0 Å². The zero-order valence-corrected chi connectivity index (χ0v) is 14.5. The number of nitrogens with zero attached hydrogens (tertiary/aromatic N) is 4. The number of hydrogen-bond acceptors (Lipinski definition) is 4. The van der Waals surface area contributed by atoms with Gasteiger partial charge in [-0.05, 0) is 37.1 Å². The zero-order valence-electron chi connectivity index (χ0n) is 14.5. The molecule has 0 unspecified atom stereocenters. The van der Waals surface area contributed by atoms with Crippen molar-refractivity contribution in [1.29, 1.82) is 0 Å². The number of hydrogen-bond donors (Lipinski definition) is 0. The Hall–Kier alpha value is -3.35. The molecule has 7 heteroatoms. The molecule has 0 bridgehead atoms. The van der Waals surface area contributed by atoms with Crippen LogP contribution in [0.25, 0.3) is 11.3 Å². The van der Waals surface area contributed by atoms with Crippen LogP contribution in [0.5, 0.6) is 0 Å². The van der Waals surface area contributed by atoms with Crippen molar-refractivity contribution in [3.8, 4) is 11.3 Å². The van der Waals surface area contributed by atoms with Gasteiger partial charge in [0, 0.05) is 31.0 Å². The summed E-state index contributed by atoms with van der Waals surface area (Å²) in [6.07, 6.45) is 6.53. The first-order valence-electron chi connectivity index (χ1n) is 8.72. The Morgan fingerprint density at radius 2 is 1.59 bits per heavy atom. The summed E-state index contributed by atoms with van der Waals surface area (Å²) in [4.78, 5) is 33.9. The molecule has 3 aromatic rings. The quantitative estimate of drug-likeness (QED) is 0.383. The summed E-state index contributed by atoms with van der Waals surface area (Å²) in [5.74, 6) is -0.958. The molecule has 0 spiro atoms. The van der Waals surface area contributed by atoms with Crippen molar-refractivity contribution in [2.24, 2.45) is 0 Å². The van der Waals surface area contributed by atoms with Gasteiger partial charge in [0.1, 0.15) is 0 Å². The predicted molar refractivity (Wildman–Crippen MR) is 96.5 cm³/mol. The normalized spacial score (nSPS) is 13.3. The van der Waals surface area contributed by atoms with Gasteiger partial charge in [-0.2, -0.15) is 4.39 Å². The number of rotatable bonds is 6. The number of unbranched alkanes of at least 4 members (excludes halogenated alkanes) is 1. The number of aromatic nitrogens is 3. The lowest BCUT2D eigenvalue weighted by Crippen LogP contribution is -2.30. The fourth-order valence-corrected chi connectivity index (χ4v) is 3.17. The molecule has 1 aliphatic heterocycles. The van der Waals surface area contributed by atoms with E-state index in [1.807, 2.05) is 10.8 Å². The molecule has 0 N–H and O–H groups in total. The largest absolute Gasteiger partial charge is 0.337 e. The van der Waals surface area contributed by atoms with E-state index < -0.39 is 5.95 Å². The fraction of sp³-hybridized carbons (Fsp3) is 0.200. The van der Waals surface area contributed by atoms with E-state index in [0.717, 1.165) is 17.7 Å². The molecule has 0 saturated carbocycles. The van der Waals surface area contributed by atoms with Crippen molar-refractivity contribution in [3.63, 3.8) is 0 Å².